The van der Waals surface area contributed by atoms with E-state index in [1.165, 1.54) is 21.3 Å². The number of H-pyrrole nitrogens is 2. The van der Waals surface area contributed by atoms with Gasteiger partial charge in [-0.1, -0.05) is 76.2 Å². The number of methoxy groups -OCH3 is 3. The minimum atomic E-state index is -0.959. The normalized spacial score (nSPS) is 16.2. The maximum atomic E-state index is 13.5. The molecule has 5 N–H and O–H groups in total. The predicted octanol–water partition coefficient (Wildman–Crippen LogP) is 6.23. The smallest absolute Gasteiger partial charge is 0.407 e. The Morgan fingerprint density at radius 1 is 0.732 bits per heavy atom. The number of nitrogens with one attached hydrogen (secondary N) is 5. The van der Waals surface area contributed by atoms with Crippen molar-refractivity contribution in [1.29, 1.82) is 0 Å². The molecule has 5 atom stereocenters. The van der Waals surface area contributed by atoms with Crippen LogP contribution in [-0.4, -0.2) is 96.0 Å². The number of aromatic amines is 2. The van der Waals surface area contributed by atoms with Crippen LogP contribution in [0.3, 0.4) is 0 Å². The Bertz CT molecular complexity index is 1940. The summed E-state index contributed by atoms with van der Waals surface area (Å²) in [4.78, 5) is 64.0. The SMILES string of the molecule is COC(=O)N[C@H](C(=O)N1CCC[C@H]1Cc1ccc(-c2ccc(-c3ccc(-c4cnc([C@@H](NC(=O)[C@@H](NC(=O)OC)[C@@H](C)OC)C(C)C)[nH]4)cc3)cc2)[nH]1)C(C)C. The van der Waals surface area contributed by atoms with E-state index in [4.69, 9.17) is 14.2 Å². The van der Waals surface area contributed by atoms with Gasteiger partial charge in [0.1, 0.15) is 17.9 Å². The Kier molecular flexibility index (Phi) is 13.9. The lowest BCUT2D eigenvalue weighted by atomic mass is 10.0. The van der Waals surface area contributed by atoms with Crippen LogP contribution in [0.15, 0.2) is 66.9 Å². The number of aromatic nitrogens is 3. The number of hydrogen-bond acceptors (Lipinski definition) is 8. The van der Waals surface area contributed by atoms with E-state index in [1.807, 2.05) is 44.7 Å². The number of hydrogen-bond donors (Lipinski definition) is 5. The molecule has 3 heterocycles. The summed E-state index contributed by atoms with van der Waals surface area (Å²) in [6, 6.07) is 18.7. The molecule has 2 aromatic carbocycles. The number of rotatable bonds is 15. The molecule has 1 saturated heterocycles. The third-order valence-corrected chi connectivity index (χ3v) is 10.4. The fraction of sp³-hybridized carbons (Fsp3) is 0.452. The molecule has 2 aromatic heterocycles. The van der Waals surface area contributed by atoms with E-state index in [9.17, 15) is 19.2 Å². The molecule has 4 aromatic rings. The van der Waals surface area contributed by atoms with Crippen molar-refractivity contribution in [2.45, 2.75) is 84.2 Å². The number of benzene rings is 2. The number of carbonyl (C=O) groups excluding carboxylic acids is 4. The van der Waals surface area contributed by atoms with Crippen molar-refractivity contribution < 1.29 is 33.4 Å². The van der Waals surface area contributed by atoms with Gasteiger partial charge in [-0.05, 0) is 66.0 Å². The van der Waals surface area contributed by atoms with Gasteiger partial charge in [-0.15, -0.1) is 0 Å². The minimum Gasteiger partial charge on any atom is -0.453 e. The van der Waals surface area contributed by atoms with Crippen LogP contribution in [0.4, 0.5) is 9.59 Å². The van der Waals surface area contributed by atoms with Gasteiger partial charge >= 0.3 is 12.2 Å². The Morgan fingerprint density at radius 2 is 1.30 bits per heavy atom. The average molecular weight is 770 g/mol. The number of ether oxygens (including phenoxy) is 3. The van der Waals surface area contributed by atoms with E-state index in [0.717, 1.165) is 52.2 Å². The molecule has 0 unspecified atom stereocenters. The molecule has 0 spiro atoms. The quantitative estimate of drug-likeness (QED) is 0.0945. The van der Waals surface area contributed by atoms with E-state index in [2.05, 4.69) is 79.4 Å². The van der Waals surface area contributed by atoms with Crippen LogP contribution in [0.5, 0.6) is 0 Å². The van der Waals surface area contributed by atoms with Gasteiger partial charge in [0.05, 0.1) is 38.3 Å². The maximum absolute atomic E-state index is 13.5. The molecule has 4 amide bonds. The Labute approximate surface area is 328 Å². The highest BCUT2D eigenvalue weighted by atomic mass is 16.5. The first-order valence-electron chi connectivity index (χ1n) is 19.1. The van der Waals surface area contributed by atoms with Crippen molar-refractivity contribution in [2.75, 3.05) is 27.9 Å². The fourth-order valence-corrected chi connectivity index (χ4v) is 7.04. The number of likely N-dealkylation sites (tertiary alicyclic amines) is 1. The molecule has 14 nitrogen and oxygen atoms in total. The van der Waals surface area contributed by atoms with Gasteiger partial charge in [-0.25, -0.2) is 14.6 Å². The highest BCUT2D eigenvalue weighted by Gasteiger charge is 2.36. The zero-order valence-electron chi connectivity index (χ0n) is 33.5. The molecule has 1 fully saturated rings. The highest BCUT2D eigenvalue weighted by Crippen LogP contribution is 2.30. The number of carbonyl (C=O) groups is 4. The number of amides is 4. The summed E-state index contributed by atoms with van der Waals surface area (Å²) in [5.41, 5.74) is 6.98. The van der Waals surface area contributed by atoms with Crippen LogP contribution in [0.25, 0.3) is 33.6 Å². The van der Waals surface area contributed by atoms with Crippen LogP contribution in [0.2, 0.25) is 0 Å². The lowest BCUT2D eigenvalue weighted by Gasteiger charge is -2.30. The van der Waals surface area contributed by atoms with Crippen LogP contribution in [-0.2, 0) is 30.2 Å². The molecule has 1 aliphatic heterocycles. The van der Waals surface area contributed by atoms with Gasteiger partial charge in [0.25, 0.3) is 0 Å². The molecule has 0 saturated carbocycles. The second-order valence-corrected chi connectivity index (χ2v) is 14.9. The first kappa shape index (κ1) is 41.5. The molecule has 300 valence electrons. The predicted molar refractivity (Wildman–Crippen MR) is 213 cm³/mol. The molecular formula is C42H55N7O7. The van der Waals surface area contributed by atoms with E-state index in [1.54, 1.807) is 13.1 Å². The van der Waals surface area contributed by atoms with Crippen LogP contribution >= 0.6 is 0 Å². The van der Waals surface area contributed by atoms with Crippen molar-refractivity contribution in [1.82, 2.24) is 35.8 Å². The van der Waals surface area contributed by atoms with Crippen molar-refractivity contribution in [3.8, 4) is 33.6 Å². The lowest BCUT2D eigenvalue weighted by molar-refractivity contribution is -0.135. The number of alkyl carbamates (subject to hydrolysis) is 2. The molecule has 0 aliphatic carbocycles. The molecule has 56 heavy (non-hydrogen) atoms. The maximum Gasteiger partial charge on any atom is 0.407 e. The van der Waals surface area contributed by atoms with Crippen LogP contribution in [0.1, 0.15) is 65.0 Å². The standard InChI is InChI=1S/C42H55N7O7/c1-24(2)35(46-39(50)37(26(5)54-6)48-42(53)56-8)38-43-23-34(45-38)30-17-13-28(14-18-30)27-11-15-29(16-12-27)33-20-19-31(44-33)22-32-10-9-21-49(32)40(51)36(25(3)4)47-41(52)55-7/h11-20,23-26,32,35-37,44H,9-10,21-22H2,1-8H3,(H,43,45)(H,46,50)(H,47,52)(H,48,53)/t26-,32+,35+,36+,37+/m1/s1. The van der Waals surface area contributed by atoms with Gasteiger partial charge in [0.15, 0.2) is 0 Å². The van der Waals surface area contributed by atoms with Crippen molar-refractivity contribution >= 4 is 24.0 Å². The number of imidazole rings is 1. The molecule has 1 aliphatic rings. The highest BCUT2D eigenvalue weighted by molar-refractivity contribution is 5.87. The van der Waals surface area contributed by atoms with Gasteiger partial charge in [-0.3, -0.25) is 9.59 Å². The minimum absolute atomic E-state index is 0.00771. The van der Waals surface area contributed by atoms with Crippen LogP contribution < -0.4 is 16.0 Å². The number of nitrogens with zero attached hydrogens (tertiary/aromatic N) is 2. The van der Waals surface area contributed by atoms with Gasteiger partial charge < -0.3 is 45.0 Å². The van der Waals surface area contributed by atoms with Crippen LogP contribution in [0, 0.1) is 11.8 Å². The zero-order valence-corrected chi connectivity index (χ0v) is 33.5. The average Bonchev–Trinajstić information content (AvgIpc) is 3.99. The van der Waals surface area contributed by atoms with E-state index in [-0.39, 0.29) is 23.8 Å². The van der Waals surface area contributed by atoms with E-state index in [0.29, 0.717) is 18.8 Å². The summed E-state index contributed by atoms with van der Waals surface area (Å²) in [7, 11) is 4.01. The third kappa shape index (κ3) is 9.96. The fourth-order valence-electron chi connectivity index (χ4n) is 7.04. The van der Waals surface area contributed by atoms with Crippen molar-refractivity contribution in [3.05, 3.63) is 78.4 Å². The van der Waals surface area contributed by atoms with E-state index >= 15 is 0 Å². The first-order chi connectivity index (χ1) is 26.8. The second-order valence-electron chi connectivity index (χ2n) is 14.9. The summed E-state index contributed by atoms with van der Waals surface area (Å²) in [6.45, 7) is 10.2. The summed E-state index contributed by atoms with van der Waals surface area (Å²) in [6.07, 6.45) is 2.36. The third-order valence-electron chi connectivity index (χ3n) is 10.4. The first-order valence-corrected chi connectivity index (χ1v) is 19.1. The van der Waals surface area contributed by atoms with Gasteiger partial charge in [0.2, 0.25) is 11.8 Å². The molecular weight excluding hydrogens is 715 g/mol. The Hall–Kier alpha value is -5.63. The van der Waals surface area contributed by atoms with Crippen molar-refractivity contribution in [3.63, 3.8) is 0 Å². The lowest BCUT2D eigenvalue weighted by Crippen LogP contribution is -2.54. The van der Waals surface area contributed by atoms with Crippen molar-refractivity contribution in [2.24, 2.45) is 11.8 Å². The largest absolute Gasteiger partial charge is 0.453 e. The van der Waals surface area contributed by atoms with Gasteiger partial charge in [0, 0.05) is 37.5 Å². The van der Waals surface area contributed by atoms with E-state index < -0.39 is 42.3 Å². The summed E-state index contributed by atoms with van der Waals surface area (Å²) in [5, 5.41) is 8.27. The molecule has 0 bridgehead atoms. The molecule has 5 rings (SSSR count). The second kappa shape index (κ2) is 18.8. The zero-order chi connectivity index (χ0) is 40.5. The Balaban J connectivity index is 1.22. The topological polar surface area (TPSA) is 180 Å². The molecule has 14 heteroatoms. The Morgan fingerprint density at radius 3 is 1.86 bits per heavy atom. The summed E-state index contributed by atoms with van der Waals surface area (Å²) >= 11 is 0. The monoisotopic (exact) mass is 769 g/mol. The summed E-state index contributed by atoms with van der Waals surface area (Å²) in [5.74, 6) is 0.0359. The molecule has 0 radical (unpaired) electrons. The van der Waals surface area contributed by atoms with Gasteiger partial charge in [-0.2, -0.15) is 0 Å². The summed E-state index contributed by atoms with van der Waals surface area (Å²) < 4.78 is 14.8.